The Morgan fingerprint density at radius 2 is 1.89 bits per heavy atom. The molecule has 2 aromatic carbocycles. The van der Waals surface area contributed by atoms with Crippen molar-refractivity contribution in [3.63, 3.8) is 0 Å². The summed E-state index contributed by atoms with van der Waals surface area (Å²) in [6.45, 7) is 0. The second-order valence-corrected chi connectivity index (χ2v) is 6.27. The van der Waals surface area contributed by atoms with Crippen LogP contribution in [-0.4, -0.2) is 4.98 Å². The van der Waals surface area contributed by atoms with Gasteiger partial charge in [-0.05, 0) is 53.1 Å². The number of hydrogen-bond donors (Lipinski definition) is 0. The maximum atomic E-state index is 9.24. The predicted molar refractivity (Wildman–Crippen MR) is 102 cm³/mol. The molecule has 0 bridgehead atoms. The molecule has 4 rings (SSSR count). The van der Waals surface area contributed by atoms with Gasteiger partial charge in [0, 0.05) is 24.3 Å². The molecule has 0 fully saturated rings. The molecule has 1 aliphatic rings. The third-order valence-electron chi connectivity index (χ3n) is 4.58. The number of ether oxygens (including phenoxy) is 1. The van der Waals surface area contributed by atoms with Crippen molar-refractivity contribution in [1.29, 1.82) is 10.5 Å². The van der Waals surface area contributed by atoms with Crippen molar-refractivity contribution in [2.45, 2.75) is 12.5 Å². The fourth-order valence-corrected chi connectivity index (χ4v) is 3.28. The molecule has 0 aliphatic carbocycles. The molecule has 1 atom stereocenters. The molecule has 0 saturated carbocycles. The predicted octanol–water partition coefficient (Wildman–Crippen LogP) is 5.05. The van der Waals surface area contributed by atoms with Crippen LogP contribution < -0.4 is 4.74 Å². The molecule has 0 N–H and O–H groups in total. The molecule has 0 saturated heterocycles. The van der Waals surface area contributed by atoms with Gasteiger partial charge in [-0.3, -0.25) is 4.98 Å². The summed E-state index contributed by atoms with van der Waals surface area (Å²) < 4.78 is 6.17. The maximum Gasteiger partial charge on any atom is 0.145 e. The zero-order chi connectivity index (χ0) is 18.6. The molecule has 1 aliphatic heterocycles. The van der Waals surface area contributed by atoms with Crippen molar-refractivity contribution in [3.05, 3.63) is 89.8 Å². The molecule has 1 aromatic heterocycles. The van der Waals surface area contributed by atoms with E-state index >= 15 is 0 Å². The summed E-state index contributed by atoms with van der Waals surface area (Å²) in [5, 5.41) is 18.4. The minimum absolute atomic E-state index is 0.217. The Hall–Kier alpha value is -3.89. The van der Waals surface area contributed by atoms with E-state index in [2.05, 4.69) is 17.1 Å². The van der Waals surface area contributed by atoms with E-state index in [0.29, 0.717) is 12.0 Å². The van der Waals surface area contributed by atoms with Gasteiger partial charge in [0.15, 0.2) is 0 Å². The lowest BCUT2D eigenvalue weighted by atomic mass is 9.91. The summed E-state index contributed by atoms with van der Waals surface area (Å²) >= 11 is 0. The van der Waals surface area contributed by atoms with E-state index in [-0.39, 0.29) is 6.10 Å². The molecule has 3 aromatic rings. The summed E-state index contributed by atoms with van der Waals surface area (Å²) in [4.78, 5) is 4.39. The number of allylic oxidation sites excluding steroid dienone is 1. The average Bonchev–Trinajstić information content (AvgIpc) is 2.74. The number of hydrogen-bond acceptors (Lipinski definition) is 4. The Morgan fingerprint density at radius 3 is 2.67 bits per heavy atom. The molecule has 4 nitrogen and oxygen atoms in total. The number of nitriles is 2. The number of benzene rings is 2. The van der Waals surface area contributed by atoms with Crippen molar-refractivity contribution in [1.82, 2.24) is 4.98 Å². The lowest BCUT2D eigenvalue weighted by Gasteiger charge is -2.28. The highest BCUT2D eigenvalue weighted by Crippen LogP contribution is 2.42. The van der Waals surface area contributed by atoms with E-state index in [9.17, 15) is 5.26 Å². The van der Waals surface area contributed by atoms with Gasteiger partial charge < -0.3 is 4.74 Å². The number of rotatable bonds is 2. The van der Waals surface area contributed by atoms with Crippen molar-refractivity contribution in [2.75, 3.05) is 0 Å². The fraction of sp³-hybridized carbons (Fsp3) is 0.0870. The first-order valence-electron chi connectivity index (χ1n) is 8.59. The van der Waals surface area contributed by atoms with Gasteiger partial charge in [0.1, 0.15) is 11.9 Å². The van der Waals surface area contributed by atoms with E-state index in [4.69, 9.17) is 10.00 Å². The number of fused-ring (bicyclic) bond motifs is 1. The third-order valence-corrected chi connectivity index (χ3v) is 4.58. The maximum absolute atomic E-state index is 9.24. The van der Waals surface area contributed by atoms with Gasteiger partial charge in [-0.15, -0.1) is 0 Å². The third kappa shape index (κ3) is 3.29. The summed E-state index contributed by atoms with van der Waals surface area (Å²) in [6, 6.07) is 23.4. The highest BCUT2D eigenvalue weighted by atomic mass is 16.5. The van der Waals surface area contributed by atoms with E-state index in [1.165, 1.54) is 0 Å². The lowest BCUT2D eigenvalue weighted by Crippen LogP contribution is -2.15. The van der Waals surface area contributed by atoms with Gasteiger partial charge in [-0.2, -0.15) is 10.5 Å². The first-order valence-corrected chi connectivity index (χ1v) is 8.59. The fourth-order valence-electron chi connectivity index (χ4n) is 3.28. The molecular formula is C23H15N3O. The highest BCUT2D eigenvalue weighted by Gasteiger charge is 2.26. The van der Waals surface area contributed by atoms with E-state index in [1.807, 2.05) is 54.6 Å². The lowest BCUT2D eigenvalue weighted by molar-refractivity contribution is 0.198. The van der Waals surface area contributed by atoms with Crippen LogP contribution >= 0.6 is 0 Å². The average molecular weight is 349 g/mol. The van der Waals surface area contributed by atoms with Crippen molar-refractivity contribution < 1.29 is 4.74 Å². The monoisotopic (exact) mass is 349 g/mol. The van der Waals surface area contributed by atoms with Crippen LogP contribution in [0.4, 0.5) is 0 Å². The zero-order valence-electron chi connectivity index (χ0n) is 14.5. The van der Waals surface area contributed by atoms with Crippen molar-refractivity contribution >= 4 is 5.57 Å². The molecule has 4 heteroatoms. The van der Waals surface area contributed by atoms with E-state index in [0.717, 1.165) is 33.7 Å². The van der Waals surface area contributed by atoms with Gasteiger partial charge in [-0.25, -0.2) is 0 Å². The van der Waals surface area contributed by atoms with Crippen LogP contribution in [0.15, 0.2) is 72.9 Å². The van der Waals surface area contributed by atoms with Crippen LogP contribution in [-0.2, 0) is 0 Å². The molecular weight excluding hydrogens is 334 g/mol. The van der Waals surface area contributed by atoms with Gasteiger partial charge in [0.2, 0.25) is 0 Å². The summed E-state index contributed by atoms with van der Waals surface area (Å²) in [5.74, 6) is 0.735. The topological polar surface area (TPSA) is 69.7 Å². The molecule has 2 heterocycles. The minimum atomic E-state index is -0.217. The van der Waals surface area contributed by atoms with Gasteiger partial charge >= 0.3 is 0 Å². The number of nitrogens with zero attached hydrogens (tertiary/aromatic N) is 3. The minimum Gasteiger partial charge on any atom is -0.483 e. The van der Waals surface area contributed by atoms with Crippen LogP contribution in [0.5, 0.6) is 5.75 Å². The Kier molecular flexibility index (Phi) is 4.39. The second-order valence-electron chi connectivity index (χ2n) is 6.27. The van der Waals surface area contributed by atoms with E-state index < -0.39 is 0 Å². The zero-order valence-corrected chi connectivity index (χ0v) is 14.5. The van der Waals surface area contributed by atoms with Crippen LogP contribution in [0.2, 0.25) is 0 Å². The Bertz CT molecular complexity index is 1100. The second kappa shape index (κ2) is 7.15. The quantitative estimate of drug-likeness (QED) is 0.607. The molecule has 0 amide bonds. The van der Waals surface area contributed by atoms with Crippen molar-refractivity contribution in [3.8, 4) is 29.0 Å². The SMILES string of the molecule is N#C/C=C1/CC(c2ccccn2)Oc2ccc(-c3cccc(C#N)c3)cc21. The first kappa shape index (κ1) is 16.6. The smallest absolute Gasteiger partial charge is 0.145 e. The summed E-state index contributed by atoms with van der Waals surface area (Å²) in [5.41, 5.74) is 5.23. The molecule has 0 radical (unpaired) electrons. The normalized spacial score (nSPS) is 16.7. The van der Waals surface area contributed by atoms with Crippen LogP contribution in [0.25, 0.3) is 16.7 Å². The van der Waals surface area contributed by atoms with Crippen LogP contribution in [0.3, 0.4) is 0 Å². The first-order chi connectivity index (χ1) is 13.3. The largest absolute Gasteiger partial charge is 0.483 e. The highest BCUT2D eigenvalue weighted by molar-refractivity contribution is 5.79. The Morgan fingerprint density at radius 1 is 1.00 bits per heavy atom. The van der Waals surface area contributed by atoms with Gasteiger partial charge in [0.25, 0.3) is 0 Å². The number of aromatic nitrogens is 1. The molecule has 27 heavy (non-hydrogen) atoms. The molecule has 0 spiro atoms. The molecule has 1 unspecified atom stereocenters. The van der Waals surface area contributed by atoms with Crippen molar-refractivity contribution in [2.24, 2.45) is 0 Å². The summed E-state index contributed by atoms with van der Waals surface area (Å²) in [6.07, 6.45) is 3.69. The Labute approximate surface area is 157 Å². The van der Waals surface area contributed by atoms with Gasteiger partial charge in [0.05, 0.1) is 23.4 Å². The van der Waals surface area contributed by atoms with Crippen LogP contribution in [0.1, 0.15) is 29.3 Å². The van der Waals surface area contributed by atoms with Gasteiger partial charge in [-0.1, -0.05) is 24.3 Å². The standard InChI is InChI=1S/C23H15N3O/c24-10-9-19-14-23(21-6-1-2-11-26-21)27-22-8-7-18(13-20(19)22)17-5-3-4-16(12-17)15-25/h1-9,11-13,23H,14H2/b19-9-. The Balaban J connectivity index is 1.76. The molecule has 128 valence electrons. The summed E-state index contributed by atoms with van der Waals surface area (Å²) in [7, 11) is 0. The van der Waals surface area contributed by atoms with Crippen LogP contribution in [0, 0.1) is 22.7 Å². The van der Waals surface area contributed by atoms with E-state index in [1.54, 1.807) is 18.3 Å². The number of pyridine rings is 1.